The van der Waals surface area contributed by atoms with Crippen LogP contribution in [-0.4, -0.2) is 21.7 Å². The molecule has 0 aliphatic carbocycles. The molecule has 4 nitrogen and oxygen atoms in total. The lowest BCUT2D eigenvalue weighted by molar-refractivity contribution is -0.0428. The van der Waals surface area contributed by atoms with Crippen LogP contribution in [0.15, 0.2) is 67.0 Å². The fourth-order valence-electron chi connectivity index (χ4n) is 3.57. The van der Waals surface area contributed by atoms with Crippen molar-refractivity contribution < 1.29 is 22.5 Å². The number of aromatic nitrogens is 1. The Morgan fingerprint density at radius 2 is 1.87 bits per heavy atom. The Kier molecular flexibility index (Phi) is 5.87. The Morgan fingerprint density at radius 3 is 2.63 bits per heavy atom. The predicted octanol–water partition coefficient (Wildman–Crippen LogP) is 5.14. The summed E-state index contributed by atoms with van der Waals surface area (Å²) in [6.45, 7) is 0.566. The Hall–Kier alpha value is -2.71. The van der Waals surface area contributed by atoms with Crippen molar-refractivity contribution in [2.75, 3.05) is 11.3 Å². The first kappa shape index (κ1) is 20.6. The van der Waals surface area contributed by atoms with E-state index in [1.54, 1.807) is 30.6 Å². The van der Waals surface area contributed by atoms with Crippen LogP contribution < -0.4 is 9.46 Å². The lowest BCUT2D eigenvalue weighted by Crippen LogP contribution is -2.30. The van der Waals surface area contributed by atoms with Crippen LogP contribution in [0.2, 0.25) is 0 Å². The van der Waals surface area contributed by atoms with E-state index in [0.29, 0.717) is 23.7 Å². The molecule has 3 aromatic rings. The summed E-state index contributed by atoms with van der Waals surface area (Å²) in [6, 6.07) is 16.1. The Balaban J connectivity index is 1.53. The van der Waals surface area contributed by atoms with Crippen molar-refractivity contribution in [1.29, 1.82) is 0 Å². The van der Waals surface area contributed by atoms with E-state index < -0.39 is 16.9 Å². The molecule has 0 saturated heterocycles. The molecule has 2 heterocycles. The van der Waals surface area contributed by atoms with Gasteiger partial charge in [-0.15, -0.1) is 13.2 Å². The van der Waals surface area contributed by atoms with Crippen molar-refractivity contribution in [3.8, 4) is 16.9 Å². The molecule has 1 aliphatic rings. The molecular weight excluding hydrogens is 413 g/mol. The number of alkyl halides is 3. The van der Waals surface area contributed by atoms with Crippen LogP contribution >= 0.6 is 0 Å². The molecule has 8 heteroatoms. The number of rotatable bonds is 5. The van der Waals surface area contributed by atoms with Gasteiger partial charge in [-0.25, -0.2) is 0 Å². The summed E-state index contributed by atoms with van der Waals surface area (Å²) < 4.78 is 57.6. The van der Waals surface area contributed by atoms with Crippen molar-refractivity contribution in [2.45, 2.75) is 18.3 Å². The number of hydrogen-bond donors (Lipinski definition) is 1. The average Bonchev–Trinajstić information content (AvgIpc) is 2.74. The molecule has 30 heavy (non-hydrogen) atoms. The molecule has 2 atom stereocenters. The number of halogens is 3. The molecule has 4 rings (SSSR count). The SMILES string of the molecule is [O-][S+](Nc1ccccc1-c1ccc2c(c1)OC[C@H](Cc1ccncc1)C2)C(F)(F)F. The van der Waals surface area contributed by atoms with Crippen molar-refractivity contribution in [3.05, 3.63) is 78.1 Å². The van der Waals surface area contributed by atoms with E-state index in [9.17, 15) is 17.7 Å². The van der Waals surface area contributed by atoms with Gasteiger partial charge in [0.1, 0.15) is 5.75 Å². The van der Waals surface area contributed by atoms with Crippen molar-refractivity contribution in [3.63, 3.8) is 0 Å². The van der Waals surface area contributed by atoms with Crippen LogP contribution in [0.25, 0.3) is 11.1 Å². The third-order valence-corrected chi connectivity index (χ3v) is 5.80. The van der Waals surface area contributed by atoms with Crippen LogP contribution in [0.5, 0.6) is 5.75 Å². The minimum atomic E-state index is -4.84. The number of nitrogens with zero attached hydrogens (tertiary/aromatic N) is 1. The van der Waals surface area contributed by atoms with Gasteiger partial charge in [0, 0.05) is 23.9 Å². The molecule has 0 saturated carbocycles. The van der Waals surface area contributed by atoms with Crippen LogP contribution in [0.4, 0.5) is 18.9 Å². The maximum Gasteiger partial charge on any atom is 0.598 e. The largest absolute Gasteiger partial charge is 0.598 e. The van der Waals surface area contributed by atoms with E-state index in [1.165, 1.54) is 11.6 Å². The van der Waals surface area contributed by atoms with E-state index in [-0.39, 0.29) is 5.69 Å². The van der Waals surface area contributed by atoms with Gasteiger partial charge >= 0.3 is 5.51 Å². The van der Waals surface area contributed by atoms with Gasteiger partial charge in [-0.1, -0.05) is 30.3 Å². The molecule has 0 bridgehead atoms. The van der Waals surface area contributed by atoms with Gasteiger partial charge < -0.3 is 9.29 Å². The molecule has 1 aliphatic heterocycles. The summed E-state index contributed by atoms with van der Waals surface area (Å²) in [5.74, 6) is 1.07. The maximum atomic E-state index is 12.7. The van der Waals surface area contributed by atoms with Gasteiger partial charge in [0.2, 0.25) is 0 Å². The summed E-state index contributed by atoms with van der Waals surface area (Å²) in [7, 11) is 0. The highest BCUT2D eigenvalue weighted by atomic mass is 32.2. The molecule has 1 N–H and O–H groups in total. The molecule has 2 aromatic carbocycles. The van der Waals surface area contributed by atoms with Gasteiger partial charge in [-0.05, 0) is 53.8 Å². The topological polar surface area (TPSA) is 57.2 Å². The number of hydrogen-bond acceptors (Lipinski definition) is 4. The summed E-state index contributed by atoms with van der Waals surface area (Å²) in [6.07, 6.45) is 5.29. The Morgan fingerprint density at radius 1 is 1.10 bits per heavy atom. The van der Waals surface area contributed by atoms with Gasteiger partial charge in [0.05, 0.1) is 12.3 Å². The zero-order valence-corrected chi connectivity index (χ0v) is 16.7. The fraction of sp³-hybridized carbons (Fsp3) is 0.227. The first-order valence-corrected chi connectivity index (χ1v) is 10.5. The number of pyridine rings is 1. The Labute approximate surface area is 175 Å². The second-order valence-corrected chi connectivity index (χ2v) is 8.33. The van der Waals surface area contributed by atoms with E-state index in [1.807, 2.05) is 30.3 Å². The minimum Gasteiger partial charge on any atom is -0.586 e. The van der Waals surface area contributed by atoms with Crippen molar-refractivity contribution in [1.82, 2.24) is 4.98 Å². The lowest BCUT2D eigenvalue weighted by atomic mass is 9.90. The number of para-hydroxylation sites is 1. The lowest BCUT2D eigenvalue weighted by Gasteiger charge is -2.26. The molecule has 156 valence electrons. The number of ether oxygens (including phenoxy) is 1. The Bertz CT molecular complexity index is 1010. The number of nitrogens with one attached hydrogen (secondary N) is 1. The normalized spacial score (nSPS) is 17.0. The minimum absolute atomic E-state index is 0.152. The van der Waals surface area contributed by atoms with Crippen molar-refractivity contribution in [2.24, 2.45) is 5.92 Å². The molecule has 0 amide bonds. The first-order valence-electron chi connectivity index (χ1n) is 9.39. The third kappa shape index (κ3) is 4.71. The summed E-state index contributed by atoms with van der Waals surface area (Å²) in [4.78, 5) is 4.03. The summed E-state index contributed by atoms with van der Waals surface area (Å²) in [5.41, 5.74) is -1.19. The standard InChI is InChI=1S/C22H19F3N2O2S/c23-22(24,25)30(28)27-20-4-2-1-3-19(20)17-5-6-18-12-16(14-29-21(18)13-17)11-15-7-9-26-10-8-15/h1-10,13,16,27H,11-12,14H2/t16-,30?/m1/s1. The van der Waals surface area contributed by atoms with E-state index in [0.717, 1.165) is 24.2 Å². The second-order valence-electron chi connectivity index (χ2n) is 7.13. The number of fused-ring (bicyclic) bond motifs is 1. The van der Waals surface area contributed by atoms with E-state index in [4.69, 9.17) is 4.74 Å². The average molecular weight is 432 g/mol. The molecule has 0 radical (unpaired) electrons. The number of anilines is 1. The number of benzene rings is 2. The molecule has 1 aromatic heterocycles. The third-order valence-electron chi connectivity index (χ3n) is 4.97. The van der Waals surface area contributed by atoms with Gasteiger partial charge in [-0.2, -0.15) is 4.72 Å². The van der Waals surface area contributed by atoms with Crippen molar-refractivity contribution >= 4 is 17.0 Å². The highest BCUT2D eigenvalue weighted by Gasteiger charge is 2.46. The van der Waals surface area contributed by atoms with Crippen LogP contribution in [0.3, 0.4) is 0 Å². The van der Waals surface area contributed by atoms with E-state index in [2.05, 4.69) is 9.71 Å². The van der Waals surface area contributed by atoms with Crippen LogP contribution in [0, 0.1) is 5.92 Å². The summed E-state index contributed by atoms with van der Waals surface area (Å²) in [5, 5.41) is 0. The second kappa shape index (κ2) is 8.57. The predicted molar refractivity (Wildman–Crippen MR) is 110 cm³/mol. The van der Waals surface area contributed by atoms with Gasteiger partial charge in [-0.3, -0.25) is 4.98 Å². The summed E-state index contributed by atoms with van der Waals surface area (Å²) >= 11 is -3.18. The maximum absolute atomic E-state index is 12.7. The highest BCUT2D eigenvalue weighted by molar-refractivity contribution is 7.93. The zero-order chi connectivity index (χ0) is 21.1. The van der Waals surface area contributed by atoms with Crippen LogP contribution in [-0.2, 0) is 24.2 Å². The van der Waals surface area contributed by atoms with Gasteiger partial charge in [0.25, 0.3) is 0 Å². The quantitative estimate of drug-likeness (QED) is 0.568. The monoisotopic (exact) mass is 432 g/mol. The highest BCUT2D eigenvalue weighted by Crippen LogP contribution is 2.37. The first-order chi connectivity index (χ1) is 14.4. The van der Waals surface area contributed by atoms with Gasteiger partial charge in [0.15, 0.2) is 11.4 Å². The zero-order valence-electron chi connectivity index (χ0n) is 15.9. The molecule has 0 fully saturated rings. The van der Waals surface area contributed by atoms with E-state index >= 15 is 0 Å². The molecule has 1 unspecified atom stereocenters. The molecule has 0 spiro atoms. The smallest absolute Gasteiger partial charge is 0.586 e. The fourth-order valence-corrected chi connectivity index (χ4v) is 4.06. The molecular formula is C22H19F3N2O2S. The van der Waals surface area contributed by atoms with Crippen LogP contribution in [0.1, 0.15) is 11.1 Å².